The average Bonchev–Trinajstić information content (AvgIpc) is 2.63. The van der Waals surface area contributed by atoms with Crippen LogP contribution in [0.25, 0.3) is 11.1 Å². The number of fused-ring (bicyclic) bond motifs is 1. The predicted molar refractivity (Wildman–Crippen MR) is 71.3 cm³/mol. The van der Waals surface area contributed by atoms with E-state index < -0.39 is 0 Å². The quantitative estimate of drug-likeness (QED) is 0.778. The Morgan fingerprint density at radius 3 is 3.26 bits per heavy atom. The predicted octanol–water partition coefficient (Wildman–Crippen LogP) is 0.732. The molecule has 0 radical (unpaired) electrons. The summed E-state index contributed by atoms with van der Waals surface area (Å²) in [7, 11) is 0. The van der Waals surface area contributed by atoms with Gasteiger partial charge in [-0.15, -0.1) is 0 Å². The van der Waals surface area contributed by atoms with E-state index in [1.165, 1.54) is 0 Å². The third-order valence-corrected chi connectivity index (χ3v) is 3.16. The number of hydrogen-bond acceptors (Lipinski definition) is 5. The van der Waals surface area contributed by atoms with Crippen LogP contribution in [0, 0.1) is 0 Å². The highest BCUT2D eigenvalue weighted by molar-refractivity contribution is 5.78. The molecule has 1 amide bonds. The number of amides is 1. The zero-order chi connectivity index (χ0) is 13.2. The summed E-state index contributed by atoms with van der Waals surface area (Å²) in [6, 6.07) is 5.39. The summed E-state index contributed by atoms with van der Waals surface area (Å²) in [4.78, 5) is 17.9. The van der Waals surface area contributed by atoms with Crippen molar-refractivity contribution in [3.63, 3.8) is 0 Å². The number of aromatic nitrogens is 1. The number of carbonyl (C=O) groups is 1. The van der Waals surface area contributed by atoms with Crippen LogP contribution < -0.4 is 11.1 Å². The van der Waals surface area contributed by atoms with Gasteiger partial charge < -0.3 is 15.5 Å². The molecule has 0 aliphatic carbocycles. The van der Waals surface area contributed by atoms with Crippen LogP contribution in [0.2, 0.25) is 0 Å². The molecule has 100 valence electrons. The van der Waals surface area contributed by atoms with Gasteiger partial charge in [-0.1, -0.05) is 0 Å². The lowest BCUT2D eigenvalue weighted by Crippen LogP contribution is -2.32. The molecule has 1 aliphatic rings. The van der Waals surface area contributed by atoms with Crippen LogP contribution in [0.15, 0.2) is 22.6 Å². The summed E-state index contributed by atoms with van der Waals surface area (Å²) in [6.45, 7) is 2.53. The number of anilines is 1. The van der Waals surface area contributed by atoms with Crippen molar-refractivity contribution in [2.24, 2.45) is 0 Å². The normalized spacial score (nSPS) is 17.4. The number of rotatable bonds is 2. The van der Waals surface area contributed by atoms with Crippen molar-refractivity contribution >= 4 is 22.7 Å². The summed E-state index contributed by atoms with van der Waals surface area (Å²) in [6.07, 6.45) is 0.943. The van der Waals surface area contributed by atoms with Crippen molar-refractivity contribution in [1.82, 2.24) is 15.2 Å². The fraction of sp³-hybridized carbons (Fsp3) is 0.385. The first-order chi connectivity index (χ1) is 9.20. The Kier molecular flexibility index (Phi) is 3.08. The maximum absolute atomic E-state index is 11.5. The monoisotopic (exact) mass is 260 g/mol. The summed E-state index contributed by atoms with van der Waals surface area (Å²) < 4.78 is 5.66. The summed E-state index contributed by atoms with van der Waals surface area (Å²) in [5.74, 6) is 0.674. The van der Waals surface area contributed by atoms with Crippen molar-refractivity contribution in [3.05, 3.63) is 24.1 Å². The third kappa shape index (κ3) is 2.68. The molecule has 0 atom stereocenters. The van der Waals surface area contributed by atoms with Gasteiger partial charge in [0.1, 0.15) is 5.52 Å². The average molecular weight is 260 g/mol. The molecule has 0 spiro atoms. The van der Waals surface area contributed by atoms with E-state index in [0.717, 1.165) is 30.6 Å². The second kappa shape index (κ2) is 4.89. The smallest absolute Gasteiger partial charge is 0.234 e. The molecule has 1 aliphatic heterocycles. The molecule has 2 aromatic rings. The summed E-state index contributed by atoms with van der Waals surface area (Å²) in [5.41, 5.74) is 7.86. The summed E-state index contributed by atoms with van der Waals surface area (Å²) in [5, 5.41) is 2.85. The van der Waals surface area contributed by atoms with Crippen LogP contribution >= 0.6 is 0 Å². The lowest BCUT2D eigenvalue weighted by atomic mass is 10.3. The molecule has 2 heterocycles. The van der Waals surface area contributed by atoms with E-state index in [4.69, 9.17) is 10.2 Å². The lowest BCUT2D eigenvalue weighted by Gasteiger charge is -2.15. The molecule has 3 N–H and O–H groups in total. The topological polar surface area (TPSA) is 84.4 Å². The van der Waals surface area contributed by atoms with E-state index in [-0.39, 0.29) is 5.91 Å². The Balaban J connectivity index is 1.78. The third-order valence-electron chi connectivity index (χ3n) is 3.16. The van der Waals surface area contributed by atoms with Crippen LogP contribution in [0.5, 0.6) is 0 Å². The van der Waals surface area contributed by atoms with Crippen molar-refractivity contribution in [1.29, 1.82) is 0 Å². The standard InChI is InChI=1S/C13H16N4O2/c14-9-2-3-11-10(6-9)16-13(19-11)8-17-5-1-4-15-12(18)7-17/h2-3,6H,1,4-5,7-8,14H2,(H,15,18). The molecule has 0 bridgehead atoms. The zero-order valence-electron chi connectivity index (χ0n) is 10.6. The van der Waals surface area contributed by atoms with Gasteiger partial charge in [0.25, 0.3) is 0 Å². The maximum Gasteiger partial charge on any atom is 0.234 e. The van der Waals surface area contributed by atoms with E-state index in [1.54, 1.807) is 12.1 Å². The van der Waals surface area contributed by atoms with E-state index in [0.29, 0.717) is 24.7 Å². The van der Waals surface area contributed by atoms with E-state index in [1.807, 2.05) is 11.0 Å². The fourth-order valence-corrected chi connectivity index (χ4v) is 2.25. The van der Waals surface area contributed by atoms with Crippen molar-refractivity contribution in [2.75, 3.05) is 25.4 Å². The van der Waals surface area contributed by atoms with Crippen LogP contribution in [-0.4, -0.2) is 35.4 Å². The second-order valence-electron chi connectivity index (χ2n) is 4.75. The number of hydrogen-bond donors (Lipinski definition) is 2. The van der Waals surface area contributed by atoms with E-state index in [2.05, 4.69) is 10.3 Å². The first-order valence-electron chi connectivity index (χ1n) is 6.35. The summed E-state index contributed by atoms with van der Waals surface area (Å²) >= 11 is 0. The molecule has 0 saturated carbocycles. The minimum absolute atomic E-state index is 0.0536. The van der Waals surface area contributed by atoms with Crippen LogP contribution in [0.3, 0.4) is 0 Å². The number of nitrogens with two attached hydrogens (primary N) is 1. The number of nitrogen functional groups attached to an aromatic ring is 1. The van der Waals surface area contributed by atoms with Gasteiger partial charge in [-0.2, -0.15) is 0 Å². The minimum atomic E-state index is 0.0536. The lowest BCUT2D eigenvalue weighted by molar-refractivity contribution is -0.121. The Hall–Kier alpha value is -2.08. The molecule has 3 rings (SSSR count). The van der Waals surface area contributed by atoms with Gasteiger partial charge in [0, 0.05) is 18.8 Å². The van der Waals surface area contributed by atoms with Gasteiger partial charge in [0.05, 0.1) is 13.1 Å². The second-order valence-corrected chi connectivity index (χ2v) is 4.75. The van der Waals surface area contributed by atoms with Gasteiger partial charge in [0.15, 0.2) is 5.58 Å². The van der Waals surface area contributed by atoms with Crippen molar-refractivity contribution in [2.45, 2.75) is 13.0 Å². The molecule has 1 fully saturated rings. The number of nitrogens with zero attached hydrogens (tertiary/aromatic N) is 2. The number of oxazole rings is 1. The Morgan fingerprint density at radius 2 is 2.37 bits per heavy atom. The molecular weight excluding hydrogens is 244 g/mol. The van der Waals surface area contributed by atoms with Crippen molar-refractivity contribution in [3.8, 4) is 0 Å². The zero-order valence-corrected chi connectivity index (χ0v) is 10.6. The number of benzene rings is 1. The van der Waals surface area contributed by atoms with E-state index >= 15 is 0 Å². The fourth-order valence-electron chi connectivity index (χ4n) is 2.25. The van der Waals surface area contributed by atoms with Crippen molar-refractivity contribution < 1.29 is 9.21 Å². The van der Waals surface area contributed by atoms with Gasteiger partial charge in [0.2, 0.25) is 11.8 Å². The number of nitrogens with one attached hydrogen (secondary N) is 1. The SMILES string of the molecule is Nc1ccc2oc(CN3CCCNC(=O)C3)nc2c1. The van der Waals surface area contributed by atoms with Gasteiger partial charge in [-0.3, -0.25) is 9.69 Å². The Bertz CT molecular complexity index is 608. The molecule has 19 heavy (non-hydrogen) atoms. The molecule has 1 saturated heterocycles. The van der Waals surface area contributed by atoms with Gasteiger partial charge >= 0.3 is 0 Å². The molecule has 1 aromatic carbocycles. The minimum Gasteiger partial charge on any atom is -0.439 e. The van der Waals surface area contributed by atoms with Crippen LogP contribution in [0.4, 0.5) is 5.69 Å². The van der Waals surface area contributed by atoms with Crippen LogP contribution in [-0.2, 0) is 11.3 Å². The molecule has 6 nitrogen and oxygen atoms in total. The van der Waals surface area contributed by atoms with Crippen LogP contribution in [0.1, 0.15) is 12.3 Å². The van der Waals surface area contributed by atoms with Gasteiger partial charge in [-0.25, -0.2) is 4.98 Å². The molecule has 0 unspecified atom stereocenters. The number of carbonyl (C=O) groups excluding carboxylic acids is 1. The first-order valence-corrected chi connectivity index (χ1v) is 6.35. The first kappa shape index (κ1) is 12.0. The van der Waals surface area contributed by atoms with E-state index in [9.17, 15) is 4.79 Å². The highest BCUT2D eigenvalue weighted by atomic mass is 16.3. The molecule has 6 heteroatoms. The maximum atomic E-state index is 11.5. The highest BCUT2D eigenvalue weighted by Crippen LogP contribution is 2.19. The Labute approximate surface area is 110 Å². The molecule has 1 aromatic heterocycles. The molecular formula is C13H16N4O2. The largest absolute Gasteiger partial charge is 0.439 e. The highest BCUT2D eigenvalue weighted by Gasteiger charge is 2.17. The van der Waals surface area contributed by atoms with Gasteiger partial charge in [-0.05, 0) is 24.6 Å². The Morgan fingerprint density at radius 1 is 1.47 bits per heavy atom.